The van der Waals surface area contributed by atoms with E-state index < -0.39 is 17.8 Å². The second kappa shape index (κ2) is 7.51. The van der Waals surface area contributed by atoms with E-state index in [1.807, 2.05) is 4.90 Å². The van der Waals surface area contributed by atoms with Gasteiger partial charge in [-0.2, -0.15) is 13.2 Å². The maximum absolute atomic E-state index is 13.8. The molecule has 4 rings (SSSR count). The zero-order valence-corrected chi connectivity index (χ0v) is 15.9. The van der Waals surface area contributed by atoms with E-state index in [2.05, 4.69) is 10.3 Å². The minimum Gasteiger partial charge on any atom is -0.345 e. The summed E-state index contributed by atoms with van der Waals surface area (Å²) in [5.74, 6) is -0.383. The van der Waals surface area contributed by atoms with E-state index in [1.165, 1.54) is 40.5 Å². The number of halogens is 4. The normalized spacial score (nSPS) is 15.0. The van der Waals surface area contributed by atoms with Crippen LogP contribution >= 0.6 is 11.3 Å². The van der Waals surface area contributed by atoms with Crippen LogP contribution in [0.2, 0.25) is 0 Å². The van der Waals surface area contributed by atoms with Gasteiger partial charge in [0.25, 0.3) is 0 Å². The van der Waals surface area contributed by atoms with Gasteiger partial charge in [-0.25, -0.2) is 14.2 Å². The van der Waals surface area contributed by atoms with Crippen LogP contribution in [-0.4, -0.2) is 42.1 Å². The Labute approximate surface area is 167 Å². The van der Waals surface area contributed by atoms with Gasteiger partial charge in [0, 0.05) is 26.2 Å². The average Bonchev–Trinajstić information content (AvgIpc) is 3.13. The highest BCUT2D eigenvalue weighted by molar-refractivity contribution is 7.22. The molecule has 1 N–H and O–H groups in total. The third kappa shape index (κ3) is 3.98. The van der Waals surface area contributed by atoms with Gasteiger partial charge in [0.15, 0.2) is 5.13 Å². The van der Waals surface area contributed by atoms with Gasteiger partial charge < -0.3 is 15.1 Å². The number of nitrogens with zero attached hydrogens (tertiary/aromatic N) is 3. The van der Waals surface area contributed by atoms with E-state index in [0.29, 0.717) is 36.8 Å². The number of benzene rings is 2. The molecule has 2 aromatic carbocycles. The molecule has 2 amide bonds. The summed E-state index contributed by atoms with van der Waals surface area (Å²) in [7, 11) is 0. The molecular weight excluding hydrogens is 408 g/mol. The number of para-hydroxylation sites is 2. The first kappa shape index (κ1) is 19.4. The van der Waals surface area contributed by atoms with Crippen LogP contribution in [0.3, 0.4) is 0 Å². The quantitative estimate of drug-likeness (QED) is 0.601. The summed E-state index contributed by atoms with van der Waals surface area (Å²) in [5.41, 5.74) is -0.839. The summed E-state index contributed by atoms with van der Waals surface area (Å²) in [4.78, 5) is 20.2. The lowest BCUT2D eigenvalue weighted by molar-refractivity contribution is -0.136. The molecule has 0 unspecified atom stereocenters. The maximum Gasteiger partial charge on any atom is 0.418 e. The molecule has 0 bridgehead atoms. The van der Waals surface area contributed by atoms with Crippen molar-refractivity contribution < 1.29 is 22.4 Å². The number of amides is 2. The van der Waals surface area contributed by atoms with Crippen molar-refractivity contribution in [3.05, 3.63) is 53.8 Å². The van der Waals surface area contributed by atoms with Crippen LogP contribution in [0, 0.1) is 5.82 Å². The molecule has 0 radical (unpaired) electrons. The van der Waals surface area contributed by atoms with Gasteiger partial charge in [0.1, 0.15) is 11.3 Å². The zero-order chi connectivity index (χ0) is 20.6. The largest absolute Gasteiger partial charge is 0.418 e. The van der Waals surface area contributed by atoms with Crippen LogP contribution in [0.5, 0.6) is 0 Å². The monoisotopic (exact) mass is 424 g/mol. The van der Waals surface area contributed by atoms with Crippen molar-refractivity contribution in [2.45, 2.75) is 6.18 Å². The van der Waals surface area contributed by atoms with Crippen molar-refractivity contribution in [3.8, 4) is 0 Å². The smallest absolute Gasteiger partial charge is 0.345 e. The lowest BCUT2D eigenvalue weighted by Gasteiger charge is -2.34. The Morgan fingerprint density at radius 2 is 1.76 bits per heavy atom. The van der Waals surface area contributed by atoms with Gasteiger partial charge in [0.05, 0.1) is 16.0 Å². The first-order chi connectivity index (χ1) is 13.8. The number of hydrogen-bond acceptors (Lipinski definition) is 4. The highest BCUT2D eigenvalue weighted by atomic mass is 32.1. The number of fused-ring (bicyclic) bond motifs is 1. The minimum atomic E-state index is -4.55. The Bertz CT molecular complexity index is 1040. The number of anilines is 2. The van der Waals surface area contributed by atoms with Crippen molar-refractivity contribution in [2.75, 3.05) is 36.4 Å². The Morgan fingerprint density at radius 3 is 2.45 bits per heavy atom. The summed E-state index contributed by atoms with van der Waals surface area (Å²) in [6, 6.07) is 9.06. The van der Waals surface area contributed by atoms with Crippen molar-refractivity contribution in [2.24, 2.45) is 0 Å². The molecule has 0 saturated carbocycles. The Hall–Kier alpha value is -2.88. The Morgan fingerprint density at radius 1 is 1.03 bits per heavy atom. The zero-order valence-electron chi connectivity index (χ0n) is 15.0. The SMILES string of the molecule is O=C(Nc1ccccc1C(F)(F)F)N1CCN(c2nc3c(F)cccc3s2)CC1. The average molecular weight is 424 g/mol. The second-order valence-corrected chi connectivity index (χ2v) is 7.54. The molecule has 3 aromatic rings. The minimum absolute atomic E-state index is 0.269. The fraction of sp³-hybridized carbons (Fsp3) is 0.263. The van der Waals surface area contributed by atoms with Crippen molar-refractivity contribution in [1.82, 2.24) is 9.88 Å². The standard InChI is InChI=1S/C19H16F4N4OS/c20-13-5-3-7-15-16(13)25-18(29-15)27-10-8-26(9-11-27)17(28)24-14-6-2-1-4-12(14)19(21,22)23/h1-7H,8-11H2,(H,24,28). The van der Waals surface area contributed by atoms with Gasteiger partial charge >= 0.3 is 12.2 Å². The molecule has 1 aliphatic heterocycles. The van der Waals surface area contributed by atoms with Gasteiger partial charge in [-0.05, 0) is 24.3 Å². The van der Waals surface area contributed by atoms with Crippen molar-refractivity contribution in [3.63, 3.8) is 0 Å². The molecule has 1 saturated heterocycles. The van der Waals surface area contributed by atoms with E-state index in [1.54, 1.807) is 12.1 Å². The number of nitrogens with one attached hydrogen (secondary N) is 1. The van der Waals surface area contributed by atoms with Gasteiger partial charge in [0.2, 0.25) is 0 Å². The van der Waals surface area contributed by atoms with Gasteiger partial charge in [-0.3, -0.25) is 0 Å². The predicted octanol–water partition coefficient (Wildman–Crippen LogP) is 4.81. The van der Waals surface area contributed by atoms with Crippen LogP contribution in [0.15, 0.2) is 42.5 Å². The van der Waals surface area contributed by atoms with Crippen molar-refractivity contribution >= 4 is 38.4 Å². The maximum atomic E-state index is 13.8. The van der Waals surface area contributed by atoms with E-state index in [0.717, 1.165) is 10.8 Å². The second-order valence-electron chi connectivity index (χ2n) is 6.53. The summed E-state index contributed by atoms with van der Waals surface area (Å²) in [5, 5.41) is 3.02. The Kier molecular flexibility index (Phi) is 5.03. The molecule has 10 heteroatoms. The summed E-state index contributed by atoms with van der Waals surface area (Å²) >= 11 is 1.37. The van der Waals surface area contributed by atoms with Crippen molar-refractivity contribution in [1.29, 1.82) is 0 Å². The van der Waals surface area contributed by atoms with E-state index in [-0.39, 0.29) is 11.5 Å². The number of aromatic nitrogens is 1. The molecule has 0 atom stereocenters. The summed E-state index contributed by atoms with van der Waals surface area (Å²) < 4.78 is 53.9. The van der Waals surface area contributed by atoms with Crippen LogP contribution in [0.1, 0.15) is 5.56 Å². The molecule has 1 fully saturated rings. The molecule has 1 aliphatic rings. The number of carbonyl (C=O) groups is 1. The van der Waals surface area contributed by atoms with Gasteiger partial charge in [-0.1, -0.05) is 29.5 Å². The van der Waals surface area contributed by atoms with E-state index in [9.17, 15) is 22.4 Å². The summed E-state index contributed by atoms with van der Waals surface area (Å²) in [6.07, 6.45) is -4.55. The molecule has 0 spiro atoms. The number of urea groups is 1. The van der Waals surface area contributed by atoms with E-state index in [4.69, 9.17) is 0 Å². The third-order valence-corrected chi connectivity index (χ3v) is 5.75. The fourth-order valence-electron chi connectivity index (χ4n) is 3.17. The summed E-state index contributed by atoms with van der Waals surface area (Å²) in [6.45, 7) is 1.54. The topological polar surface area (TPSA) is 48.5 Å². The number of rotatable bonds is 2. The van der Waals surface area contributed by atoms with Crippen LogP contribution in [0.25, 0.3) is 10.2 Å². The Balaban J connectivity index is 1.42. The predicted molar refractivity (Wildman–Crippen MR) is 104 cm³/mol. The molecule has 0 aliphatic carbocycles. The lowest BCUT2D eigenvalue weighted by atomic mass is 10.1. The van der Waals surface area contributed by atoms with Crippen LogP contribution < -0.4 is 10.2 Å². The third-order valence-electron chi connectivity index (χ3n) is 4.67. The number of alkyl halides is 3. The van der Waals surface area contributed by atoms with E-state index >= 15 is 0 Å². The highest BCUT2D eigenvalue weighted by Gasteiger charge is 2.34. The van der Waals surface area contributed by atoms with Gasteiger partial charge in [-0.15, -0.1) is 0 Å². The fourth-order valence-corrected chi connectivity index (χ4v) is 4.20. The molecule has 2 heterocycles. The molecule has 1 aromatic heterocycles. The first-order valence-corrected chi connectivity index (χ1v) is 9.67. The molecule has 29 heavy (non-hydrogen) atoms. The van der Waals surface area contributed by atoms with Crippen LogP contribution in [-0.2, 0) is 6.18 Å². The first-order valence-electron chi connectivity index (χ1n) is 8.85. The molecule has 5 nitrogen and oxygen atoms in total. The number of carbonyl (C=O) groups excluding carboxylic acids is 1. The number of thiazole rings is 1. The molecular formula is C19H16F4N4OS. The number of hydrogen-bond donors (Lipinski definition) is 1. The highest BCUT2D eigenvalue weighted by Crippen LogP contribution is 2.35. The molecule has 152 valence electrons. The lowest BCUT2D eigenvalue weighted by Crippen LogP contribution is -2.50. The number of piperazine rings is 1. The van der Waals surface area contributed by atoms with Crippen LogP contribution in [0.4, 0.5) is 33.2 Å².